The van der Waals surface area contributed by atoms with Crippen LogP contribution in [0, 0.1) is 0 Å². The molecule has 1 unspecified atom stereocenters. The van der Waals surface area contributed by atoms with Gasteiger partial charge in [0.2, 0.25) is 0 Å². The first-order valence-corrected chi connectivity index (χ1v) is 16.7. The lowest BCUT2D eigenvalue weighted by Gasteiger charge is -2.19. The van der Waals surface area contributed by atoms with Gasteiger partial charge in [0, 0.05) is 13.2 Å². The van der Waals surface area contributed by atoms with E-state index in [1.165, 1.54) is 121 Å². The summed E-state index contributed by atoms with van der Waals surface area (Å²) in [5.74, 6) is 0. The minimum Gasteiger partial charge on any atom is -0.374 e. The average molecular weight is 533 g/mol. The Morgan fingerprint density at radius 3 is 1.50 bits per heavy atom. The lowest BCUT2D eigenvalue weighted by molar-refractivity contribution is -0.148. The van der Waals surface area contributed by atoms with Gasteiger partial charge >= 0.3 is 0 Å². The first-order chi connectivity index (χ1) is 18.8. The van der Waals surface area contributed by atoms with Crippen molar-refractivity contribution in [3.05, 3.63) is 35.9 Å². The Kier molecular flexibility index (Phi) is 25.6. The Morgan fingerprint density at radius 2 is 0.974 bits per heavy atom. The molecular weight excluding hydrogens is 468 g/mol. The molecule has 0 aliphatic carbocycles. The Hall–Kier alpha value is -0.900. The SMILES string of the molecule is CCCCCCCCCOC(CCCCCCC(CC)OCc1ccccc1)OCCCCCCCCC. The molecule has 38 heavy (non-hydrogen) atoms. The van der Waals surface area contributed by atoms with Crippen LogP contribution >= 0.6 is 0 Å². The molecule has 1 aromatic rings. The van der Waals surface area contributed by atoms with Crippen molar-refractivity contribution >= 4 is 0 Å². The summed E-state index contributed by atoms with van der Waals surface area (Å²) in [5.41, 5.74) is 1.27. The summed E-state index contributed by atoms with van der Waals surface area (Å²) in [6.07, 6.45) is 27.2. The molecule has 3 nitrogen and oxygen atoms in total. The summed E-state index contributed by atoms with van der Waals surface area (Å²) < 4.78 is 18.6. The fourth-order valence-corrected chi connectivity index (χ4v) is 4.99. The Morgan fingerprint density at radius 1 is 0.500 bits per heavy atom. The van der Waals surface area contributed by atoms with Gasteiger partial charge in [-0.3, -0.25) is 0 Å². The topological polar surface area (TPSA) is 27.7 Å². The lowest BCUT2D eigenvalue weighted by Crippen LogP contribution is -2.19. The van der Waals surface area contributed by atoms with Gasteiger partial charge in [-0.2, -0.15) is 0 Å². The highest BCUT2D eigenvalue weighted by atomic mass is 16.7. The van der Waals surface area contributed by atoms with Gasteiger partial charge in [0.25, 0.3) is 0 Å². The smallest absolute Gasteiger partial charge is 0.157 e. The summed E-state index contributed by atoms with van der Waals surface area (Å²) in [6, 6.07) is 10.5. The second-order valence-corrected chi connectivity index (χ2v) is 11.2. The second-order valence-electron chi connectivity index (χ2n) is 11.2. The zero-order chi connectivity index (χ0) is 27.4. The summed E-state index contributed by atoms with van der Waals surface area (Å²) in [7, 11) is 0. The minimum atomic E-state index is -0.00669. The quantitative estimate of drug-likeness (QED) is 0.0758. The van der Waals surface area contributed by atoms with Crippen molar-refractivity contribution in [2.75, 3.05) is 13.2 Å². The van der Waals surface area contributed by atoms with Crippen LogP contribution < -0.4 is 0 Å². The zero-order valence-corrected chi connectivity index (χ0v) is 25.7. The maximum atomic E-state index is 6.22. The fourth-order valence-electron chi connectivity index (χ4n) is 4.99. The van der Waals surface area contributed by atoms with Crippen LogP contribution in [0.3, 0.4) is 0 Å². The number of hydrogen-bond acceptors (Lipinski definition) is 3. The van der Waals surface area contributed by atoms with Crippen molar-refractivity contribution in [1.29, 1.82) is 0 Å². The van der Waals surface area contributed by atoms with Crippen LogP contribution in [0.4, 0.5) is 0 Å². The summed E-state index contributed by atoms with van der Waals surface area (Å²) >= 11 is 0. The van der Waals surface area contributed by atoms with Crippen LogP contribution in [0.25, 0.3) is 0 Å². The molecule has 0 aliphatic rings. The molecule has 0 radical (unpaired) electrons. The van der Waals surface area contributed by atoms with Crippen LogP contribution in [-0.2, 0) is 20.8 Å². The third-order valence-corrected chi connectivity index (χ3v) is 7.60. The van der Waals surface area contributed by atoms with E-state index in [9.17, 15) is 0 Å². The normalized spacial score (nSPS) is 12.4. The molecule has 0 heterocycles. The highest BCUT2D eigenvalue weighted by molar-refractivity contribution is 5.13. The van der Waals surface area contributed by atoms with E-state index < -0.39 is 0 Å². The molecule has 1 rings (SSSR count). The van der Waals surface area contributed by atoms with Crippen molar-refractivity contribution in [3.8, 4) is 0 Å². The zero-order valence-electron chi connectivity index (χ0n) is 25.7. The first kappa shape index (κ1) is 35.1. The number of unbranched alkanes of at least 4 members (excludes halogenated alkanes) is 15. The number of hydrogen-bond donors (Lipinski definition) is 0. The van der Waals surface area contributed by atoms with Gasteiger partial charge in [0.15, 0.2) is 6.29 Å². The van der Waals surface area contributed by atoms with Crippen LogP contribution in [0.1, 0.15) is 161 Å². The van der Waals surface area contributed by atoms with Crippen molar-refractivity contribution in [2.45, 2.75) is 175 Å². The largest absolute Gasteiger partial charge is 0.374 e. The maximum absolute atomic E-state index is 6.22. The monoisotopic (exact) mass is 532 g/mol. The van der Waals surface area contributed by atoms with Gasteiger partial charge in [-0.05, 0) is 44.1 Å². The molecule has 1 atom stereocenters. The molecule has 0 spiro atoms. The Labute approximate surface area is 237 Å². The highest BCUT2D eigenvalue weighted by Crippen LogP contribution is 2.17. The van der Waals surface area contributed by atoms with E-state index in [4.69, 9.17) is 14.2 Å². The van der Waals surface area contributed by atoms with Gasteiger partial charge in [-0.25, -0.2) is 0 Å². The molecule has 222 valence electrons. The van der Waals surface area contributed by atoms with E-state index in [-0.39, 0.29) is 6.29 Å². The van der Waals surface area contributed by atoms with Crippen molar-refractivity contribution in [1.82, 2.24) is 0 Å². The van der Waals surface area contributed by atoms with Crippen LogP contribution in [0.5, 0.6) is 0 Å². The second kappa shape index (κ2) is 27.7. The van der Waals surface area contributed by atoms with Crippen molar-refractivity contribution in [3.63, 3.8) is 0 Å². The van der Waals surface area contributed by atoms with Gasteiger partial charge in [-0.1, -0.05) is 147 Å². The average Bonchev–Trinajstić information content (AvgIpc) is 2.95. The highest BCUT2D eigenvalue weighted by Gasteiger charge is 2.10. The molecule has 0 bridgehead atoms. The van der Waals surface area contributed by atoms with Crippen LogP contribution in [-0.4, -0.2) is 25.6 Å². The maximum Gasteiger partial charge on any atom is 0.157 e. The molecule has 0 saturated carbocycles. The molecular formula is C35H64O3. The molecule has 0 N–H and O–H groups in total. The molecule has 3 heteroatoms. The summed E-state index contributed by atoms with van der Waals surface area (Å²) in [5, 5.41) is 0. The van der Waals surface area contributed by atoms with Gasteiger partial charge in [-0.15, -0.1) is 0 Å². The first-order valence-electron chi connectivity index (χ1n) is 16.7. The molecule has 1 aromatic carbocycles. The number of rotatable bonds is 29. The van der Waals surface area contributed by atoms with E-state index >= 15 is 0 Å². The summed E-state index contributed by atoms with van der Waals surface area (Å²) in [4.78, 5) is 0. The number of benzene rings is 1. The van der Waals surface area contributed by atoms with Gasteiger partial charge < -0.3 is 14.2 Å². The predicted molar refractivity (Wildman–Crippen MR) is 165 cm³/mol. The van der Waals surface area contributed by atoms with Crippen LogP contribution in [0.2, 0.25) is 0 Å². The molecule has 0 saturated heterocycles. The Bertz CT molecular complexity index is 556. The fraction of sp³-hybridized carbons (Fsp3) is 0.829. The third-order valence-electron chi connectivity index (χ3n) is 7.60. The van der Waals surface area contributed by atoms with E-state index in [1.54, 1.807) is 0 Å². The molecule has 0 fully saturated rings. The van der Waals surface area contributed by atoms with Crippen LogP contribution in [0.15, 0.2) is 30.3 Å². The number of ether oxygens (including phenoxy) is 3. The Balaban J connectivity index is 2.18. The molecule has 0 aromatic heterocycles. The molecule has 0 amide bonds. The van der Waals surface area contributed by atoms with E-state index in [2.05, 4.69) is 51.1 Å². The molecule has 0 aliphatic heterocycles. The van der Waals surface area contributed by atoms with Crippen molar-refractivity contribution in [2.24, 2.45) is 0 Å². The minimum absolute atomic E-state index is 0.00669. The summed E-state index contributed by atoms with van der Waals surface area (Å²) in [6.45, 7) is 9.24. The van der Waals surface area contributed by atoms with E-state index in [1.807, 2.05) is 0 Å². The van der Waals surface area contributed by atoms with Crippen molar-refractivity contribution < 1.29 is 14.2 Å². The van der Waals surface area contributed by atoms with Gasteiger partial charge in [0.05, 0.1) is 12.7 Å². The van der Waals surface area contributed by atoms with Gasteiger partial charge in [0.1, 0.15) is 0 Å². The van der Waals surface area contributed by atoms with E-state index in [0.29, 0.717) is 6.10 Å². The predicted octanol–water partition coefficient (Wildman–Crippen LogP) is 11.2. The van der Waals surface area contributed by atoms with E-state index in [0.717, 1.165) is 39.1 Å². The lowest BCUT2D eigenvalue weighted by atomic mass is 10.1. The standard InChI is InChI=1S/C35H64O3/c1-4-7-9-11-13-17-24-30-36-35(37-31-25-18-14-12-10-8-5-2)29-23-16-15-22-28-34(6-3)38-32-33-26-20-19-21-27-33/h19-21,26-27,34-35H,4-18,22-25,28-32H2,1-3H3. The third kappa shape index (κ3) is 22.0.